The van der Waals surface area contributed by atoms with Gasteiger partial charge in [0.05, 0.1) is 0 Å². The number of hydrogen-bond acceptors (Lipinski definition) is 4. The molecule has 0 aromatic heterocycles. The van der Waals surface area contributed by atoms with E-state index < -0.39 is 0 Å². The zero-order valence-electron chi connectivity index (χ0n) is 15.6. The highest BCUT2D eigenvalue weighted by Gasteiger charge is 2.24. The summed E-state index contributed by atoms with van der Waals surface area (Å²) >= 11 is 0. The van der Waals surface area contributed by atoms with Crippen molar-refractivity contribution in [2.45, 2.75) is 13.8 Å². The number of hydrogen-bond donors (Lipinski definition) is 0. The van der Waals surface area contributed by atoms with E-state index in [1.165, 1.54) is 26.0 Å². The van der Waals surface area contributed by atoms with Crippen LogP contribution in [0.25, 0.3) is 0 Å². The molecule has 0 aliphatic carbocycles. The van der Waals surface area contributed by atoms with Crippen molar-refractivity contribution in [3.05, 3.63) is 106 Å². The molecule has 0 saturated heterocycles. The van der Waals surface area contributed by atoms with E-state index in [0.717, 1.165) is 0 Å². The van der Waals surface area contributed by atoms with Crippen LogP contribution in [0.1, 0.15) is 66.4 Å². The van der Waals surface area contributed by atoms with Crippen LogP contribution >= 0.6 is 0 Å². The molecule has 0 saturated carbocycles. The van der Waals surface area contributed by atoms with Gasteiger partial charge in [0.1, 0.15) is 0 Å². The molecule has 3 rings (SSSR count). The minimum Gasteiger partial charge on any atom is -0.294 e. The molecule has 4 heteroatoms. The molecule has 4 nitrogen and oxygen atoms in total. The molecule has 0 unspecified atom stereocenters. The maximum Gasteiger partial charge on any atom is 0.193 e. The molecule has 0 aliphatic rings. The average Bonchev–Trinajstić information content (AvgIpc) is 2.72. The van der Waals surface area contributed by atoms with Gasteiger partial charge in [0, 0.05) is 33.4 Å². The van der Waals surface area contributed by atoms with Crippen LogP contribution in [0.3, 0.4) is 0 Å². The van der Waals surface area contributed by atoms with Crippen LogP contribution in [0.5, 0.6) is 0 Å². The first kappa shape index (κ1) is 19.1. The Balaban J connectivity index is 2.22. The van der Waals surface area contributed by atoms with Crippen LogP contribution in [0.15, 0.2) is 72.8 Å². The SMILES string of the molecule is CC(=O)c1cc(C(=O)c2ccccc2)c(C(C)=O)cc1C(=O)c1ccccc1. The normalized spacial score (nSPS) is 10.4. The molecular weight excluding hydrogens is 352 g/mol. The highest BCUT2D eigenvalue weighted by atomic mass is 16.1. The molecule has 0 fully saturated rings. The highest BCUT2D eigenvalue weighted by Crippen LogP contribution is 2.24. The number of benzene rings is 3. The van der Waals surface area contributed by atoms with Gasteiger partial charge in [0.2, 0.25) is 0 Å². The van der Waals surface area contributed by atoms with E-state index in [-0.39, 0.29) is 45.4 Å². The van der Waals surface area contributed by atoms with Crippen molar-refractivity contribution in [1.29, 1.82) is 0 Å². The maximum atomic E-state index is 12.9. The van der Waals surface area contributed by atoms with Gasteiger partial charge < -0.3 is 0 Å². The fourth-order valence-corrected chi connectivity index (χ4v) is 3.05. The fraction of sp³-hybridized carbons (Fsp3) is 0.0833. The van der Waals surface area contributed by atoms with Crippen molar-refractivity contribution in [2.24, 2.45) is 0 Å². The molecule has 0 bridgehead atoms. The number of carbonyl (C=O) groups excluding carboxylic acids is 4. The topological polar surface area (TPSA) is 68.3 Å². The van der Waals surface area contributed by atoms with Crippen molar-refractivity contribution in [2.75, 3.05) is 0 Å². The quantitative estimate of drug-likeness (QED) is 0.597. The summed E-state index contributed by atoms with van der Waals surface area (Å²) in [4.78, 5) is 50.4. The molecule has 3 aromatic rings. The lowest BCUT2D eigenvalue weighted by molar-refractivity contribution is 0.0980. The van der Waals surface area contributed by atoms with E-state index >= 15 is 0 Å². The molecule has 3 aromatic carbocycles. The van der Waals surface area contributed by atoms with E-state index in [1.807, 2.05) is 0 Å². The zero-order valence-corrected chi connectivity index (χ0v) is 15.6. The minimum atomic E-state index is -0.369. The first-order valence-electron chi connectivity index (χ1n) is 8.79. The Morgan fingerprint density at radius 1 is 0.500 bits per heavy atom. The molecule has 0 spiro atoms. The third-order valence-electron chi connectivity index (χ3n) is 4.48. The number of Topliss-reactive ketones (excluding diaryl/α,β-unsaturated/α-hetero) is 2. The van der Waals surface area contributed by atoms with E-state index in [9.17, 15) is 19.2 Å². The molecule has 28 heavy (non-hydrogen) atoms. The molecular formula is C24H18O4. The molecule has 0 aliphatic heterocycles. The van der Waals surface area contributed by atoms with Gasteiger partial charge in [-0.25, -0.2) is 0 Å². The first-order chi connectivity index (χ1) is 13.4. The highest BCUT2D eigenvalue weighted by molar-refractivity contribution is 6.21. The second kappa shape index (κ2) is 7.92. The molecule has 0 heterocycles. The Morgan fingerprint density at radius 2 is 0.821 bits per heavy atom. The van der Waals surface area contributed by atoms with Crippen molar-refractivity contribution < 1.29 is 19.2 Å². The lowest BCUT2D eigenvalue weighted by Crippen LogP contribution is -2.15. The second-order valence-electron chi connectivity index (χ2n) is 6.45. The predicted molar refractivity (Wildman–Crippen MR) is 106 cm³/mol. The molecule has 0 N–H and O–H groups in total. The van der Waals surface area contributed by atoms with Gasteiger partial charge in [-0.2, -0.15) is 0 Å². The lowest BCUT2D eigenvalue weighted by Gasteiger charge is -2.13. The van der Waals surface area contributed by atoms with Gasteiger partial charge in [0.25, 0.3) is 0 Å². The van der Waals surface area contributed by atoms with Gasteiger partial charge in [-0.05, 0) is 26.0 Å². The van der Waals surface area contributed by atoms with Gasteiger partial charge in [-0.3, -0.25) is 19.2 Å². The minimum absolute atomic E-state index is 0.119. The smallest absolute Gasteiger partial charge is 0.193 e. The predicted octanol–water partition coefficient (Wildman–Crippen LogP) is 4.55. The number of carbonyl (C=O) groups is 4. The van der Waals surface area contributed by atoms with E-state index in [1.54, 1.807) is 60.7 Å². The Bertz CT molecular complexity index is 991. The molecule has 138 valence electrons. The summed E-state index contributed by atoms with van der Waals surface area (Å²) in [7, 11) is 0. The van der Waals surface area contributed by atoms with Crippen LogP contribution in [0.4, 0.5) is 0 Å². The summed E-state index contributed by atoms with van der Waals surface area (Å²) < 4.78 is 0. The summed E-state index contributed by atoms with van der Waals surface area (Å²) in [6.45, 7) is 2.67. The Morgan fingerprint density at radius 3 is 1.11 bits per heavy atom. The summed E-state index contributed by atoms with van der Waals surface area (Å²) in [6.07, 6.45) is 0. The van der Waals surface area contributed by atoms with Gasteiger partial charge in [-0.1, -0.05) is 60.7 Å². The van der Waals surface area contributed by atoms with Crippen LogP contribution in [0.2, 0.25) is 0 Å². The van der Waals surface area contributed by atoms with E-state index in [2.05, 4.69) is 0 Å². The number of rotatable bonds is 6. The average molecular weight is 370 g/mol. The van der Waals surface area contributed by atoms with Crippen LogP contribution < -0.4 is 0 Å². The molecule has 0 amide bonds. The summed E-state index contributed by atoms with van der Waals surface area (Å²) in [5, 5.41) is 0. The van der Waals surface area contributed by atoms with E-state index in [0.29, 0.717) is 11.1 Å². The second-order valence-corrected chi connectivity index (χ2v) is 6.45. The summed E-state index contributed by atoms with van der Waals surface area (Å²) in [5.74, 6) is -1.44. The first-order valence-corrected chi connectivity index (χ1v) is 8.79. The third-order valence-corrected chi connectivity index (χ3v) is 4.48. The van der Waals surface area contributed by atoms with Gasteiger partial charge in [0.15, 0.2) is 23.1 Å². The third kappa shape index (κ3) is 3.71. The van der Waals surface area contributed by atoms with Crippen LogP contribution in [-0.4, -0.2) is 23.1 Å². The largest absolute Gasteiger partial charge is 0.294 e. The lowest BCUT2D eigenvalue weighted by atomic mass is 9.88. The van der Waals surface area contributed by atoms with Crippen molar-refractivity contribution >= 4 is 23.1 Å². The van der Waals surface area contributed by atoms with E-state index in [4.69, 9.17) is 0 Å². The monoisotopic (exact) mass is 370 g/mol. The standard InChI is InChI=1S/C24H18O4/c1-15(25)19-13-22(24(28)18-11-7-4-8-12-18)20(16(2)26)14-21(19)23(27)17-9-5-3-6-10-17/h3-14H,1-2H3. The molecule has 0 atom stereocenters. The Hall–Kier alpha value is -3.66. The molecule has 0 radical (unpaired) electrons. The maximum absolute atomic E-state index is 12.9. The van der Waals surface area contributed by atoms with Crippen molar-refractivity contribution in [3.8, 4) is 0 Å². The Kier molecular flexibility index (Phi) is 5.41. The van der Waals surface area contributed by atoms with Crippen molar-refractivity contribution in [3.63, 3.8) is 0 Å². The van der Waals surface area contributed by atoms with Gasteiger partial charge >= 0.3 is 0 Å². The van der Waals surface area contributed by atoms with Crippen LogP contribution in [-0.2, 0) is 0 Å². The van der Waals surface area contributed by atoms with Crippen LogP contribution in [0, 0.1) is 0 Å². The number of ketones is 4. The van der Waals surface area contributed by atoms with Gasteiger partial charge in [-0.15, -0.1) is 0 Å². The Labute approximate surface area is 162 Å². The summed E-state index contributed by atoms with van der Waals surface area (Å²) in [6, 6.07) is 19.8. The zero-order chi connectivity index (χ0) is 20.3. The fourth-order valence-electron chi connectivity index (χ4n) is 3.05. The van der Waals surface area contributed by atoms with Crippen molar-refractivity contribution in [1.82, 2.24) is 0 Å². The summed E-state index contributed by atoms with van der Waals surface area (Å²) in [5.41, 5.74) is 1.29.